The highest BCUT2D eigenvalue weighted by Gasteiger charge is 2.53. The van der Waals surface area contributed by atoms with Crippen molar-refractivity contribution in [2.45, 2.75) is 71.0 Å². The summed E-state index contributed by atoms with van der Waals surface area (Å²) in [6, 6.07) is 5.72. The van der Waals surface area contributed by atoms with Crippen molar-refractivity contribution in [1.29, 1.82) is 0 Å². The first kappa shape index (κ1) is 22.9. The Bertz CT molecular complexity index is 834. The first-order chi connectivity index (χ1) is 15.5. The number of piperidine rings is 1. The monoisotopic (exact) mass is 443 g/mol. The largest absolute Gasteiger partial charge is 0.486 e. The number of carbonyl (C=O) groups excluding carboxylic acids is 2. The highest BCUT2D eigenvalue weighted by Crippen LogP contribution is 2.36. The molecule has 0 saturated carbocycles. The molecule has 4 rings (SSSR count). The Labute approximate surface area is 191 Å². The molecule has 1 aromatic carbocycles. The van der Waals surface area contributed by atoms with Gasteiger partial charge in [-0.05, 0) is 42.9 Å². The predicted molar refractivity (Wildman–Crippen MR) is 123 cm³/mol. The van der Waals surface area contributed by atoms with Crippen LogP contribution in [0.2, 0.25) is 0 Å². The second-order valence-corrected chi connectivity index (χ2v) is 9.47. The lowest BCUT2D eigenvalue weighted by molar-refractivity contribution is -0.162. The highest BCUT2D eigenvalue weighted by atomic mass is 16.6. The van der Waals surface area contributed by atoms with Crippen molar-refractivity contribution in [3.05, 3.63) is 23.8 Å². The van der Waals surface area contributed by atoms with Crippen LogP contribution in [0, 0.1) is 5.92 Å². The summed E-state index contributed by atoms with van der Waals surface area (Å²) in [4.78, 5) is 31.1. The molecule has 32 heavy (non-hydrogen) atoms. The molecule has 1 unspecified atom stereocenters. The van der Waals surface area contributed by atoms with Crippen molar-refractivity contribution in [3.8, 4) is 11.5 Å². The maximum atomic E-state index is 13.4. The van der Waals surface area contributed by atoms with E-state index in [9.17, 15) is 9.59 Å². The average Bonchev–Trinajstić information content (AvgIpc) is 2.82. The Hall–Kier alpha value is -2.28. The van der Waals surface area contributed by atoms with E-state index in [0.29, 0.717) is 32.6 Å². The first-order valence-corrected chi connectivity index (χ1v) is 12.2. The Morgan fingerprint density at radius 2 is 1.84 bits per heavy atom. The molecule has 1 N–H and O–H groups in total. The zero-order chi connectivity index (χ0) is 22.7. The van der Waals surface area contributed by atoms with Crippen molar-refractivity contribution in [1.82, 2.24) is 15.1 Å². The van der Waals surface area contributed by atoms with Crippen LogP contribution >= 0.6 is 0 Å². The van der Waals surface area contributed by atoms with Crippen molar-refractivity contribution in [2.24, 2.45) is 5.92 Å². The van der Waals surface area contributed by atoms with Gasteiger partial charge in [0.1, 0.15) is 24.8 Å². The second-order valence-electron chi connectivity index (χ2n) is 9.47. The molecule has 2 amide bonds. The van der Waals surface area contributed by atoms with E-state index in [1.165, 1.54) is 5.56 Å². The number of hydrogen-bond donors (Lipinski definition) is 1. The summed E-state index contributed by atoms with van der Waals surface area (Å²) in [6.07, 6.45) is 4.15. The van der Waals surface area contributed by atoms with Gasteiger partial charge in [0.05, 0.1) is 0 Å². The molecule has 0 aromatic heterocycles. The molecule has 2 atom stereocenters. The quantitative estimate of drug-likeness (QED) is 0.702. The number of carbonyl (C=O) groups is 2. The van der Waals surface area contributed by atoms with Gasteiger partial charge in [-0.15, -0.1) is 0 Å². The zero-order valence-electron chi connectivity index (χ0n) is 19.7. The minimum absolute atomic E-state index is 0.0393. The molecule has 0 bridgehead atoms. The standard InChI is InChI=1S/C25H37N3O4/c1-4-6-11-28-23(29)22(18(3)5-2)26-24(30)25(28)9-12-27(13-10-25)17-19-7-8-20-21(16-19)32-15-14-31-20/h7-8,16,18,22H,4-6,9-15,17H2,1-3H3,(H,26,30)/t18?,22-/m1/s1. The molecule has 1 spiro atoms. The summed E-state index contributed by atoms with van der Waals surface area (Å²) in [5, 5.41) is 3.10. The van der Waals surface area contributed by atoms with Crippen LogP contribution in [0.3, 0.4) is 0 Å². The normalized spacial score (nSPS) is 23.8. The molecule has 2 saturated heterocycles. The molecular weight excluding hydrogens is 406 g/mol. The number of likely N-dealkylation sites (tertiary alicyclic amines) is 1. The van der Waals surface area contributed by atoms with E-state index < -0.39 is 11.6 Å². The molecule has 7 nitrogen and oxygen atoms in total. The van der Waals surface area contributed by atoms with E-state index >= 15 is 0 Å². The molecule has 0 radical (unpaired) electrons. The SMILES string of the molecule is CCCCN1C(=O)[C@@H](C(C)CC)NC(=O)C12CCN(Cc1ccc3c(c1)OCCO3)CC2. The smallest absolute Gasteiger partial charge is 0.246 e. The number of hydrogen-bond acceptors (Lipinski definition) is 5. The van der Waals surface area contributed by atoms with Crippen LogP contribution in [0.15, 0.2) is 18.2 Å². The number of piperazine rings is 1. The number of nitrogens with zero attached hydrogens (tertiary/aromatic N) is 2. The van der Waals surface area contributed by atoms with Crippen molar-refractivity contribution < 1.29 is 19.1 Å². The fourth-order valence-electron chi connectivity index (χ4n) is 5.12. The third kappa shape index (κ3) is 4.32. The van der Waals surface area contributed by atoms with E-state index in [1.54, 1.807) is 0 Å². The van der Waals surface area contributed by atoms with Crippen molar-refractivity contribution in [2.75, 3.05) is 32.8 Å². The number of ether oxygens (including phenoxy) is 2. The van der Waals surface area contributed by atoms with E-state index in [4.69, 9.17) is 9.47 Å². The third-order valence-electron chi connectivity index (χ3n) is 7.40. The predicted octanol–water partition coefficient (Wildman–Crippen LogP) is 2.97. The van der Waals surface area contributed by atoms with Gasteiger partial charge in [-0.1, -0.05) is 39.7 Å². The topological polar surface area (TPSA) is 71.1 Å². The van der Waals surface area contributed by atoms with Gasteiger partial charge in [0, 0.05) is 26.2 Å². The number of unbranched alkanes of at least 4 members (excludes halogenated alkanes) is 1. The minimum atomic E-state index is -0.709. The lowest BCUT2D eigenvalue weighted by Gasteiger charge is -2.52. The molecule has 176 valence electrons. The van der Waals surface area contributed by atoms with E-state index in [2.05, 4.69) is 43.1 Å². The van der Waals surface area contributed by atoms with Crippen LogP contribution in [0.5, 0.6) is 11.5 Å². The molecule has 3 aliphatic heterocycles. The number of amides is 2. The van der Waals surface area contributed by atoms with Gasteiger partial charge in [-0.3, -0.25) is 14.5 Å². The minimum Gasteiger partial charge on any atom is -0.486 e. The Kier molecular flexibility index (Phi) is 6.93. The second kappa shape index (κ2) is 9.69. The van der Waals surface area contributed by atoms with E-state index in [-0.39, 0.29) is 17.7 Å². The summed E-state index contributed by atoms with van der Waals surface area (Å²) < 4.78 is 11.3. The number of benzene rings is 1. The lowest BCUT2D eigenvalue weighted by Crippen LogP contribution is -2.73. The Morgan fingerprint density at radius 1 is 1.12 bits per heavy atom. The van der Waals surface area contributed by atoms with Crippen molar-refractivity contribution in [3.63, 3.8) is 0 Å². The maximum absolute atomic E-state index is 13.4. The summed E-state index contributed by atoms with van der Waals surface area (Å²) >= 11 is 0. The summed E-state index contributed by atoms with van der Waals surface area (Å²) in [7, 11) is 0. The average molecular weight is 444 g/mol. The van der Waals surface area contributed by atoms with E-state index in [1.807, 2.05) is 11.0 Å². The van der Waals surface area contributed by atoms with Gasteiger partial charge in [-0.2, -0.15) is 0 Å². The highest BCUT2D eigenvalue weighted by molar-refractivity contribution is 6.00. The van der Waals surface area contributed by atoms with Gasteiger partial charge >= 0.3 is 0 Å². The fraction of sp³-hybridized carbons (Fsp3) is 0.680. The first-order valence-electron chi connectivity index (χ1n) is 12.2. The number of rotatable bonds is 7. The zero-order valence-corrected chi connectivity index (χ0v) is 19.7. The van der Waals surface area contributed by atoms with Gasteiger partial charge in [-0.25, -0.2) is 0 Å². The molecule has 3 heterocycles. The molecule has 1 aromatic rings. The summed E-state index contributed by atoms with van der Waals surface area (Å²) in [5.74, 6) is 1.90. The third-order valence-corrected chi connectivity index (χ3v) is 7.40. The Morgan fingerprint density at radius 3 is 2.53 bits per heavy atom. The molecule has 3 aliphatic rings. The van der Waals surface area contributed by atoms with Gasteiger partial charge in [0.15, 0.2) is 11.5 Å². The van der Waals surface area contributed by atoms with Gasteiger partial charge < -0.3 is 19.7 Å². The van der Waals surface area contributed by atoms with Crippen LogP contribution < -0.4 is 14.8 Å². The fourth-order valence-corrected chi connectivity index (χ4v) is 5.12. The number of fused-ring (bicyclic) bond motifs is 1. The van der Waals surface area contributed by atoms with Crippen LogP contribution in [-0.2, 0) is 16.1 Å². The van der Waals surface area contributed by atoms with Crippen LogP contribution in [0.25, 0.3) is 0 Å². The summed E-state index contributed by atoms with van der Waals surface area (Å²) in [5.41, 5.74) is 0.466. The molecule has 2 fully saturated rings. The van der Waals surface area contributed by atoms with Gasteiger partial charge in [0.2, 0.25) is 11.8 Å². The molecule has 0 aliphatic carbocycles. The van der Waals surface area contributed by atoms with Crippen LogP contribution in [0.4, 0.5) is 0 Å². The maximum Gasteiger partial charge on any atom is 0.246 e. The summed E-state index contributed by atoms with van der Waals surface area (Å²) in [6.45, 7) is 10.5. The number of nitrogens with one attached hydrogen (secondary N) is 1. The van der Waals surface area contributed by atoms with Crippen LogP contribution in [0.1, 0.15) is 58.4 Å². The lowest BCUT2D eigenvalue weighted by atomic mass is 9.80. The van der Waals surface area contributed by atoms with Crippen molar-refractivity contribution >= 4 is 11.8 Å². The molecular formula is C25H37N3O4. The van der Waals surface area contributed by atoms with Gasteiger partial charge in [0.25, 0.3) is 0 Å². The van der Waals surface area contributed by atoms with E-state index in [0.717, 1.165) is 50.4 Å². The Balaban J connectivity index is 1.46. The van der Waals surface area contributed by atoms with Crippen LogP contribution in [-0.4, -0.2) is 66.0 Å². The molecule has 7 heteroatoms.